The number of halogens is 1. The molecule has 0 bridgehead atoms. The van der Waals surface area contributed by atoms with Crippen molar-refractivity contribution in [2.24, 2.45) is 11.8 Å². The summed E-state index contributed by atoms with van der Waals surface area (Å²) >= 11 is 3.58. The van der Waals surface area contributed by atoms with Crippen LogP contribution in [0.25, 0.3) is 22.3 Å². The number of rotatable bonds is 4. The van der Waals surface area contributed by atoms with Gasteiger partial charge in [-0.05, 0) is 71.8 Å². The summed E-state index contributed by atoms with van der Waals surface area (Å²) in [6, 6.07) is 4.06. The van der Waals surface area contributed by atoms with Crippen molar-refractivity contribution in [3.63, 3.8) is 0 Å². The molecule has 0 amide bonds. The van der Waals surface area contributed by atoms with Gasteiger partial charge in [0.15, 0.2) is 5.56 Å². The second-order valence-corrected chi connectivity index (χ2v) is 10.3. The average Bonchev–Trinajstić information content (AvgIpc) is 3.53. The van der Waals surface area contributed by atoms with Crippen LogP contribution >= 0.6 is 15.9 Å². The lowest BCUT2D eigenvalue weighted by Gasteiger charge is -2.26. The Morgan fingerprint density at radius 2 is 2.06 bits per heavy atom. The number of fused-ring (bicyclic) bond motifs is 2. The third-order valence-electron chi connectivity index (χ3n) is 7.44. The van der Waals surface area contributed by atoms with Crippen molar-refractivity contribution in [1.29, 1.82) is 5.41 Å². The molecule has 6 rings (SSSR count). The number of H-pyrrole nitrogens is 1. The van der Waals surface area contributed by atoms with E-state index in [1.807, 2.05) is 18.3 Å². The van der Waals surface area contributed by atoms with Gasteiger partial charge < -0.3 is 15.5 Å². The van der Waals surface area contributed by atoms with Crippen LogP contribution in [0.1, 0.15) is 49.4 Å². The number of aromatic amines is 1. The Morgan fingerprint density at radius 1 is 1.23 bits per heavy atom. The fraction of sp³-hybridized carbons (Fsp3) is 0.360. The Kier molecular flexibility index (Phi) is 5.46. The zero-order chi connectivity index (χ0) is 24.1. The number of nitrogens with one attached hydrogen (secondary N) is 4. The number of aliphatic carboxylic acids is 1. The summed E-state index contributed by atoms with van der Waals surface area (Å²) in [4.78, 5) is 19.6. The first-order valence-corrected chi connectivity index (χ1v) is 12.6. The Hall–Kier alpha value is -3.42. The lowest BCUT2D eigenvalue weighted by molar-refractivity contribution is -0.392. The minimum atomic E-state index is -0.719. The molecule has 5 N–H and O–H groups in total. The van der Waals surface area contributed by atoms with Crippen molar-refractivity contribution < 1.29 is 15.0 Å². The Balaban J connectivity index is 1.31. The number of allylic oxidation sites excluding steroid dienone is 3. The lowest BCUT2D eigenvalue weighted by Crippen LogP contribution is -2.27. The highest BCUT2D eigenvalue weighted by Crippen LogP contribution is 2.38. The molecule has 3 aliphatic rings. The van der Waals surface area contributed by atoms with Crippen molar-refractivity contribution >= 4 is 33.1 Å². The quantitative estimate of drug-likeness (QED) is 0.349. The van der Waals surface area contributed by atoms with Gasteiger partial charge >= 0.3 is 12.2 Å². The predicted octanol–water partition coefficient (Wildman–Crippen LogP) is 2.72. The van der Waals surface area contributed by atoms with Gasteiger partial charge in [0.1, 0.15) is 5.10 Å². The third kappa shape index (κ3) is 3.85. The summed E-state index contributed by atoms with van der Waals surface area (Å²) in [7, 11) is 0. The molecule has 4 heterocycles. The van der Waals surface area contributed by atoms with Crippen molar-refractivity contribution in [3.8, 4) is 11.1 Å². The monoisotopic (exact) mass is 534 g/mol. The van der Waals surface area contributed by atoms with E-state index in [1.54, 1.807) is 0 Å². The first kappa shape index (κ1) is 22.1. The highest BCUT2D eigenvalue weighted by molar-refractivity contribution is 9.10. The van der Waals surface area contributed by atoms with Crippen molar-refractivity contribution in [2.75, 3.05) is 6.54 Å². The Labute approximate surface area is 210 Å². The van der Waals surface area contributed by atoms with Gasteiger partial charge in [0.05, 0.1) is 16.1 Å². The molecule has 9 nitrogen and oxygen atoms in total. The zero-order valence-corrected chi connectivity index (χ0v) is 20.5. The van der Waals surface area contributed by atoms with E-state index >= 15 is 0 Å². The largest absolute Gasteiger partial charge is 0.481 e. The maximum absolute atomic E-state index is 11.4. The highest BCUT2D eigenvalue weighted by Gasteiger charge is 2.30. The van der Waals surface area contributed by atoms with Gasteiger partial charge in [-0.2, -0.15) is 0 Å². The standard InChI is InChI=1S/C25H24BrN7O2/c26-21-22(13-1-3-14(4-2-13)25(34)35)31-24-18(12-30-33(24)23(21)27)16-6-7-19(28-10-16)15-5-8-20-17(9-15)11-29-32-20/h5-8,10,13-14,17,27,29H,1-4,9,11H2,(H2,28,32,34,35)/p+1. The lowest BCUT2D eigenvalue weighted by atomic mass is 9.80. The topological polar surface area (TPSA) is 132 Å². The summed E-state index contributed by atoms with van der Waals surface area (Å²) < 4.78 is 2.20. The molecular formula is C25H25BrN7O2+. The number of carboxylic acids is 1. The van der Waals surface area contributed by atoms with E-state index < -0.39 is 5.97 Å². The van der Waals surface area contributed by atoms with Gasteiger partial charge in [0.25, 0.3) is 0 Å². The summed E-state index contributed by atoms with van der Waals surface area (Å²) in [5, 5.41) is 22.3. The first-order valence-electron chi connectivity index (χ1n) is 11.9. The SMILES string of the molecule is N=c1c(Br)c(C2CCC(C(=O)O)CC2)[nH]c2c(-c3ccc(C4=CC=C5NNCC5C4)nc3)c#[n+]n12. The number of carboxylic acid groups (broad SMARTS) is 1. The Morgan fingerprint density at radius 3 is 2.80 bits per heavy atom. The molecule has 35 heavy (non-hydrogen) atoms. The number of hydrogen-bond acceptors (Lipinski definition) is 5. The summed E-state index contributed by atoms with van der Waals surface area (Å²) in [5.74, 6) is -0.385. The summed E-state index contributed by atoms with van der Waals surface area (Å²) in [6.45, 7) is 0.916. The maximum Gasteiger partial charge on any atom is 0.363 e. The van der Waals surface area contributed by atoms with Gasteiger partial charge in [-0.1, -0.05) is 6.08 Å². The molecule has 1 saturated carbocycles. The molecule has 2 aliphatic carbocycles. The predicted molar refractivity (Wildman–Crippen MR) is 131 cm³/mol. The molecule has 3 aromatic heterocycles. The number of carbonyl (C=O) groups is 1. The second kappa shape index (κ2) is 8.66. The highest BCUT2D eigenvalue weighted by atomic mass is 79.9. The van der Waals surface area contributed by atoms with Crippen LogP contribution < -0.4 is 21.4 Å². The van der Waals surface area contributed by atoms with Gasteiger partial charge in [-0.15, -0.1) is 0 Å². The molecule has 1 atom stereocenters. The van der Waals surface area contributed by atoms with Crippen molar-refractivity contribution in [1.82, 2.24) is 25.3 Å². The fourth-order valence-electron chi connectivity index (χ4n) is 5.39. The molecule has 1 unspecified atom stereocenters. The van der Waals surface area contributed by atoms with Crippen LogP contribution in [0, 0.1) is 23.4 Å². The molecule has 178 valence electrons. The van der Waals surface area contributed by atoms with Crippen LogP contribution in [0.2, 0.25) is 0 Å². The maximum atomic E-state index is 11.4. The minimum Gasteiger partial charge on any atom is -0.481 e. The van der Waals surface area contributed by atoms with E-state index in [-0.39, 0.29) is 17.3 Å². The van der Waals surface area contributed by atoms with E-state index in [0.29, 0.717) is 28.9 Å². The second-order valence-electron chi connectivity index (χ2n) is 9.49. The number of nitrogens with zero attached hydrogens (tertiary/aromatic N) is 3. The normalized spacial score (nSPS) is 23.7. The molecule has 1 saturated heterocycles. The van der Waals surface area contributed by atoms with Crippen LogP contribution in [-0.4, -0.2) is 32.1 Å². The van der Waals surface area contributed by atoms with E-state index in [4.69, 9.17) is 10.4 Å². The molecule has 2 fully saturated rings. The molecule has 10 heteroatoms. The zero-order valence-electron chi connectivity index (χ0n) is 18.9. The minimum absolute atomic E-state index is 0.160. The van der Waals surface area contributed by atoms with Crippen molar-refractivity contribution in [2.45, 2.75) is 38.0 Å². The van der Waals surface area contributed by atoms with Gasteiger partial charge in [0.2, 0.25) is 11.1 Å². The third-order valence-corrected chi connectivity index (χ3v) is 8.24. The van der Waals surface area contributed by atoms with E-state index in [0.717, 1.165) is 48.3 Å². The van der Waals surface area contributed by atoms with Crippen LogP contribution in [0.4, 0.5) is 0 Å². The van der Waals surface area contributed by atoms with Gasteiger partial charge in [0, 0.05) is 46.0 Å². The van der Waals surface area contributed by atoms with E-state index in [1.165, 1.54) is 15.8 Å². The number of pyridine rings is 1. The molecule has 0 spiro atoms. The molecule has 3 aromatic rings. The van der Waals surface area contributed by atoms with Gasteiger partial charge in [-0.3, -0.25) is 15.2 Å². The van der Waals surface area contributed by atoms with E-state index in [2.05, 4.69) is 55.2 Å². The number of hydrazine groups is 1. The van der Waals surface area contributed by atoms with Crippen LogP contribution in [0.5, 0.6) is 0 Å². The first-order chi connectivity index (χ1) is 17.0. The van der Waals surface area contributed by atoms with Crippen molar-refractivity contribution in [3.05, 3.63) is 63.7 Å². The van der Waals surface area contributed by atoms with E-state index in [9.17, 15) is 9.90 Å². The van der Waals surface area contributed by atoms with Crippen LogP contribution in [0.15, 0.2) is 40.7 Å². The van der Waals surface area contributed by atoms with Gasteiger partial charge in [-0.25, -0.2) is 5.43 Å². The van der Waals surface area contributed by atoms with Crippen LogP contribution in [0.3, 0.4) is 0 Å². The van der Waals surface area contributed by atoms with Crippen LogP contribution in [-0.2, 0) is 4.79 Å². The number of aromatic nitrogens is 4. The Bertz CT molecular complexity index is 1430. The summed E-state index contributed by atoms with van der Waals surface area (Å²) in [6.07, 6.45) is 12.9. The number of hydrogen-bond donors (Lipinski definition) is 5. The molecular weight excluding hydrogens is 510 g/mol. The average molecular weight is 535 g/mol. The summed E-state index contributed by atoms with van der Waals surface area (Å²) in [5.41, 5.74) is 13.3. The molecule has 1 aliphatic heterocycles. The fourth-order valence-corrected chi connectivity index (χ4v) is 5.99. The molecule has 0 aromatic carbocycles. The molecule has 0 radical (unpaired) electrons. The smallest absolute Gasteiger partial charge is 0.363 e.